The van der Waals surface area contributed by atoms with Gasteiger partial charge in [0.25, 0.3) is 0 Å². The number of hydrogen-bond donors (Lipinski definition) is 1. The molecule has 1 atom stereocenters. The van der Waals surface area contributed by atoms with Gasteiger partial charge >= 0.3 is 0 Å². The molecule has 1 aliphatic heterocycles. The summed E-state index contributed by atoms with van der Waals surface area (Å²) in [5, 5.41) is 3.74. The van der Waals surface area contributed by atoms with Gasteiger partial charge in [-0.15, -0.1) is 0 Å². The quantitative estimate of drug-likeness (QED) is 0.847. The van der Waals surface area contributed by atoms with E-state index in [0.29, 0.717) is 11.5 Å². The Labute approximate surface area is 130 Å². The fraction of sp³-hybridized carbons (Fsp3) is 0.684. The van der Waals surface area contributed by atoms with Gasteiger partial charge in [0.05, 0.1) is 5.60 Å². The number of hydrogen-bond acceptors (Lipinski definition) is 2. The van der Waals surface area contributed by atoms with Crippen LogP contribution in [-0.2, 0) is 11.2 Å². The molecule has 1 saturated heterocycles. The van der Waals surface area contributed by atoms with Gasteiger partial charge in [-0.05, 0) is 57.1 Å². The third-order valence-electron chi connectivity index (χ3n) is 4.46. The molecule has 0 aliphatic carbocycles. The van der Waals surface area contributed by atoms with Crippen LogP contribution in [0.3, 0.4) is 0 Å². The Balaban J connectivity index is 1.74. The van der Waals surface area contributed by atoms with Crippen molar-refractivity contribution >= 4 is 0 Å². The Bertz CT molecular complexity index is 424. The molecule has 0 aromatic heterocycles. The summed E-state index contributed by atoms with van der Waals surface area (Å²) in [7, 11) is 0. The average Bonchev–Trinajstić information content (AvgIpc) is 2.38. The highest BCUT2D eigenvalue weighted by Crippen LogP contribution is 2.27. The number of ether oxygens (including phenoxy) is 1. The van der Waals surface area contributed by atoms with Crippen molar-refractivity contribution < 1.29 is 4.74 Å². The Morgan fingerprint density at radius 1 is 1.24 bits per heavy atom. The van der Waals surface area contributed by atoms with Crippen molar-refractivity contribution in [2.45, 2.75) is 65.0 Å². The van der Waals surface area contributed by atoms with Crippen LogP contribution >= 0.6 is 0 Å². The van der Waals surface area contributed by atoms with Crippen LogP contribution in [0.1, 0.15) is 52.5 Å². The first-order chi connectivity index (χ1) is 9.86. The topological polar surface area (TPSA) is 21.3 Å². The molecule has 1 heterocycles. The second-order valence-electron chi connectivity index (χ2n) is 7.83. The van der Waals surface area contributed by atoms with Crippen molar-refractivity contribution in [3.63, 3.8) is 0 Å². The summed E-state index contributed by atoms with van der Waals surface area (Å²) in [6, 6.07) is 11.4. The highest BCUT2D eigenvalue weighted by atomic mass is 16.5. The molecule has 118 valence electrons. The molecule has 0 amide bonds. The van der Waals surface area contributed by atoms with Crippen molar-refractivity contribution in [2.75, 3.05) is 13.2 Å². The lowest BCUT2D eigenvalue weighted by atomic mass is 9.82. The highest BCUT2D eigenvalue weighted by molar-refractivity contribution is 5.16. The second-order valence-corrected chi connectivity index (χ2v) is 7.83. The summed E-state index contributed by atoms with van der Waals surface area (Å²) < 4.78 is 5.78. The van der Waals surface area contributed by atoms with Crippen molar-refractivity contribution in [2.24, 2.45) is 5.41 Å². The minimum Gasteiger partial charge on any atom is -0.375 e. The SMILES string of the molecule is CC(C)(CCN[C@H]1CCOC(C)(C)C1)Cc1ccccc1. The van der Waals surface area contributed by atoms with Gasteiger partial charge in [0.15, 0.2) is 0 Å². The van der Waals surface area contributed by atoms with Gasteiger partial charge in [0.2, 0.25) is 0 Å². The van der Waals surface area contributed by atoms with Crippen LogP contribution in [0.2, 0.25) is 0 Å². The van der Waals surface area contributed by atoms with Crippen LogP contribution in [0.25, 0.3) is 0 Å². The van der Waals surface area contributed by atoms with E-state index in [9.17, 15) is 0 Å². The van der Waals surface area contributed by atoms with Crippen molar-refractivity contribution in [3.05, 3.63) is 35.9 Å². The van der Waals surface area contributed by atoms with Gasteiger partial charge < -0.3 is 10.1 Å². The maximum absolute atomic E-state index is 5.78. The lowest BCUT2D eigenvalue weighted by Gasteiger charge is -2.36. The van der Waals surface area contributed by atoms with Gasteiger partial charge in [0, 0.05) is 12.6 Å². The van der Waals surface area contributed by atoms with E-state index < -0.39 is 0 Å². The first-order valence-corrected chi connectivity index (χ1v) is 8.28. The van der Waals surface area contributed by atoms with Crippen LogP contribution in [0.4, 0.5) is 0 Å². The molecule has 0 unspecified atom stereocenters. The molecule has 21 heavy (non-hydrogen) atoms. The van der Waals surface area contributed by atoms with E-state index in [1.54, 1.807) is 0 Å². The molecule has 1 N–H and O–H groups in total. The van der Waals surface area contributed by atoms with Crippen LogP contribution in [0.15, 0.2) is 30.3 Å². The number of nitrogens with one attached hydrogen (secondary N) is 1. The normalized spacial score (nSPS) is 22.2. The summed E-state index contributed by atoms with van der Waals surface area (Å²) in [5.41, 5.74) is 1.82. The zero-order chi connectivity index (χ0) is 15.3. The van der Waals surface area contributed by atoms with E-state index in [-0.39, 0.29) is 5.60 Å². The van der Waals surface area contributed by atoms with Crippen molar-refractivity contribution in [3.8, 4) is 0 Å². The maximum atomic E-state index is 5.78. The van der Waals surface area contributed by atoms with Gasteiger partial charge in [-0.3, -0.25) is 0 Å². The predicted molar refractivity (Wildman–Crippen MR) is 89.6 cm³/mol. The fourth-order valence-electron chi connectivity index (χ4n) is 3.26. The molecule has 0 bridgehead atoms. The summed E-state index contributed by atoms with van der Waals surface area (Å²) >= 11 is 0. The highest BCUT2D eigenvalue weighted by Gasteiger charge is 2.28. The smallest absolute Gasteiger partial charge is 0.0641 e. The summed E-state index contributed by atoms with van der Waals surface area (Å²) in [5.74, 6) is 0. The average molecular weight is 289 g/mol. The molecular formula is C19H31NO. The molecule has 1 aromatic carbocycles. The third kappa shape index (κ3) is 5.80. The molecule has 1 aliphatic rings. The predicted octanol–water partition coefficient (Wildman–Crippen LogP) is 4.19. The molecule has 2 heteroatoms. The molecule has 2 rings (SSSR count). The zero-order valence-electron chi connectivity index (χ0n) is 14.1. The van der Waals surface area contributed by atoms with Crippen molar-refractivity contribution in [1.82, 2.24) is 5.32 Å². The second kappa shape index (κ2) is 6.93. The van der Waals surface area contributed by atoms with E-state index in [2.05, 4.69) is 63.3 Å². The van der Waals surface area contributed by atoms with Crippen molar-refractivity contribution in [1.29, 1.82) is 0 Å². The van der Waals surface area contributed by atoms with Crippen LogP contribution in [-0.4, -0.2) is 24.8 Å². The van der Waals surface area contributed by atoms with Crippen LogP contribution < -0.4 is 5.32 Å². The molecule has 1 fully saturated rings. The number of benzene rings is 1. The largest absolute Gasteiger partial charge is 0.375 e. The minimum atomic E-state index is 0.0372. The van der Waals surface area contributed by atoms with Gasteiger partial charge in [0.1, 0.15) is 0 Å². The first-order valence-electron chi connectivity index (χ1n) is 8.28. The van der Waals surface area contributed by atoms with Gasteiger partial charge in [-0.25, -0.2) is 0 Å². The maximum Gasteiger partial charge on any atom is 0.0641 e. The van der Waals surface area contributed by atoms with E-state index in [1.807, 2.05) is 0 Å². The minimum absolute atomic E-state index is 0.0372. The number of rotatable bonds is 6. The molecule has 1 aromatic rings. The summed E-state index contributed by atoms with van der Waals surface area (Å²) in [6.45, 7) is 11.1. The van der Waals surface area contributed by atoms with E-state index in [0.717, 1.165) is 32.4 Å². The van der Waals surface area contributed by atoms with E-state index >= 15 is 0 Å². The van der Waals surface area contributed by atoms with E-state index in [1.165, 1.54) is 12.0 Å². The molecule has 0 saturated carbocycles. The molecule has 2 nitrogen and oxygen atoms in total. The monoisotopic (exact) mass is 289 g/mol. The molecule has 0 spiro atoms. The van der Waals surface area contributed by atoms with E-state index in [4.69, 9.17) is 4.74 Å². The lowest BCUT2D eigenvalue weighted by molar-refractivity contribution is -0.0629. The molecule has 0 radical (unpaired) electrons. The first kappa shape index (κ1) is 16.5. The Morgan fingerprint density at radius 2 is 1.95 bits per heavy atom. The Kier molecular flexibility index (Phi) is 5.45. The summed E-state index contributed by atoms with van der Waals surface area (Å²) in [4.78, 5) is 0. The zero-order valence-corrected chi connectivity index (χ0v) is 14.1. The van der Waals surface area contributed by atoms with Gasteiger partial charge in [-0.2, -0.15) is 0 Å². The standard InChI is InChI=1S/C19H31NO/c1-18(2,14-16-8-6-5-7-9-16)11-12-20-17-10-13-21-19(3,4)15-17/h5-9,17,20H,10-15H2,1-4H3/t17-/m0/s1. The Hall–Kier alpha value is -0.860. The van der Waals surface area contributed by atoms with Crippen LogP contribution in [0, 0.1) is 5.41 Å². The van der Waals surface area contributed by atoms with Crippen LogP contribution in [0.5, 0.6) is 0 Å². The van der Waals surface area contributed by atoms with Gasteiger partial charge in [-0.1, -0.05) is 44.2 Å². The Morgan fingerprint density at radius 3 is 2.62 bits per heavy atom. The summed E-state index contributed by atoms with van der Waals surface area (Å²) in [6.07, 6.45) is 4.61. The third-order valence-corrected chi connectivity index (χ3v) is 4.46. The fourth-order valence-corrected chi connectivity index (χ4v) is 3.26. The lowest BCUT2D eigenvalue weighted by Crippen LogP contribution is -2.44. The molecular weight excluding hydrogens is 258 g/mol.